The normalized spacial score (nSPS) is 17.0. The largest absolute Gasteiger partial charge is 0.308 e. The van der Waals surface area contributed by atoms with Crippen molar-refractivity contribution < 1.29 is 0 Å². The van der Waals surface area contributed by atoms with Gasteiger partial charge in [0.25, 0.3) is 0 Å². The number of rotatable bonds is 3. The van der Waals surface area contributed by atoms with Gasteiger partial charge in [0.2, 0.25) is 0 Å². The minimum absolute atomic E-state index is 0.667. The van der Waals surface area contributed by atoms with E-state index in [-0.39, 0.29) is 0 Å². The van der Waals surface area contributed by atoms with Gasteiger partial charge in [0, 0.05) is 27.3 Å². The van der Waals surface area contributed by atoms with Crippen LogP contribution >= 0.6 is 27.3 Å². The van der Waals surface area contributed by atoms with Crippen molar-refractivity contribution in [3.8, 4) is 0 Å². The van der Waals surface area contributed by atoms with E-state index < -0.39 is 0 Å². The van der Waals surface area contributed by atoms with Gasteiger partial charge in [-0.15, -0.1) is 11.3 Å². The summed E-state index contributed by atoms with van der Waals surface area (Å²) in [6.07, 6.45) is 6.88. The molecule has 1 heterocycles. The second-order valence-corrected chi connectivity index (χ2v) is 5.16. The molecule has 70 valence electrons. The third-order valence-corrected chi connectivity index (χ3v) is 3.89. The van der Waals surface area contributed by atoms with E-state index in [9.17, 15) is 0 Å². The van der Waals surface area contributed by atoms with E-state index in [4.69, 9.17) is 0 Å². The van der Waals surface area contributed by atoms with Crippen molar-refractivity contribution in [3.63, 3.8) is 0 Å². The lowest BCUT2D eigenvalue weighted by Gasteiger charge is -2.09. The highest BCUT2D eigenvalue weighted by Crippen LogP contribution is 2.20. The summed E-state index contributed by atoms with van der Waals surface area (Å²) in [7, 11) is 0. The average Bonchev–Trinajstić information content (AvgIpc) is 2.71. The van der Waals surface area contributed by atoms with Crippen molar-refractivity contribution >= 4 is 27.3 Å². The molecule has 0 radical (unpaired) electrons. The van der Waals surface area contributed by atoms with E-state index in [2.05, 4.69) is 44.8 Å². The molecule has 13 heavy (non-hydrogen) atoms. The summed E-state index contributed by atoms with van der Waals surface area (Å²) in [4.78, 5) is 1.40. The first-order valence-electron chi connectivity index (χ1n) is 4.46. The number of hydrogen-bond acceptors (Lipinski definition) is 2. The van der Waals surface area contributed by atoms with Crippen LogP contribution in [0.15, 0.2) is 28.1 Å². The minimum Gasteiger partial charge on any atom is -0.308 e. The number of halogens is 1. The molecule has 0 atom stereocenters. The molecule has 0 unspecified atom stereocenters. The van der Waals surface area contributed by atoms with Crippen molar-refractivity contribution in [2.75, 3.05) is 0 Å². The molecule has 1 aromatic rings. The highest BCUT2D eigenvalue weighted by molar-refractivity contribution is 9.10. The molecule has 0 aromatic carbocycles. The van der Waals surface area contributed by atoms with Crippen LogP contribution in [0, 0.1) is 0 Å². The van der Waals surface area contributed by atoms with Gasteiger partial charge < -0.3 is 5.32 Å². The van der Waals surface area contributed by atoms with Crippen LogP contribution < -0.4 is 5.32 Å². The summed E-state index contributed by atoms with van der Waals surface area (Å²) >= 11 is 5.26. The van der Waals surface area contributed by atoms with Crippen molar-refractivity contribution in [2.45, 2.75) is 25.4 Å². The van der Waals surface area contributed by atoms with Gasteiger partial charge in [0.05, 0.1) is 0 Å². The van der Waals surface area contributed by atoms with Gasteiger partial charge in [-0.25, -0.2) is 0 Å². The molecule has 1 aliphatic rings. The quantitative estimate of drug-likeness (QED) is 0.820. The van der Waals surface area contributed by atoms with Crippen molar-refractivity contribution in [2.24, 2.45) is 0 Å². The molecular formula is C10H12BrNS. The molecule has 0 fully saturated rings. The lowest BCUT2D eigenvalue weighted by atomic mass is 10.2. The summed E-state index contributed by atoms with van der Waals surface area (Å²) in [5, 5.41) is 5.67. The Morgan fingerprint density at radius 1 is 1.46 bits per heavy atom. The molecular weight excluding hydrogens is 246 g/mol. The molecule has 0 aliphatic heterocycles. The molecule has 3 heteroatoms. The summed E-state index contributed by atoms with van der Waals surface area (Å²) in [5.41, 5.74) is 0. The summed E-state index contributed by atoms with van der Waals surface area (Å²) in [5.74, 6) is 0. The zero-order chi connectivity index (χ0) is 9.10. The van der Waals surface area contributed by atoms with Crippen LogP contribution in [-0.2, 0) is 6.54 Å². The first-order chi connectivity index (χ1) is 6.34. The topological polar surface area (TPSA) is 12.0 Å². The van der Waals surface area contributed by atoms with E-state index in [1.54, 1.807) is 11.3 Å². The second-order valence-electron chi connectivity index (χ2n) is 3.25. The maximum Gasteiger partial charge on any atom is 0.0302 e. The van der Waals surface area contributed by atoms with Crippen molar-refractivity contribution in [1.29, 1.82) is 0 Å². The molecule has 2 rings (SSSR count). The molecule has 0 amide bonds. The van der Waals surface area contributed by atoms with E-state index in [1.807, 2.05) is 0 Å². The Balaban J connectivity index is 1.79. The summed E-state index contributed by atoms with van der Waals surface area (Å²) in [6, 6.07) is 2.85. The van der Waals surface area contributed by atoms with Crippen LogP contribution in [0.25, 0.3) is 0 Å². The van der Waals surface area contributed by atoms with Gasteiger partial charge in [-0.05, 0) is 34.8 Å². The van der Waals surface area contributed by atoms with Crippen LogP contribution in [0.4, 0.5) is 0 Å². The summed E-state index contributed by atoms with van der Waals surface area (Å²) in [6.45, 7) is 1.00. The Morgan fingerprint density at radius 3 is 2.85 bits per heavy atom. The molecule has 1 aromatic heterocycles. The molecule has 0 saturated carbocycles. The van der Waals surface area contributed by atoms with Gasteiger partial charge >= 0.3 is 0 Å². The molecule has 0 spiro atoms. The second kappa shape index (κ2) is 4.40. The van der Waals surface area contributed by atoms with Crippen molar-refractivity contribution in [1.82, 2.24) is 5.32 Å². The Morgan fingerprint density at radius 2 is 2.23 bits per heavy atom. The molecule has 1 nitrogen and oxygen atoms in total. The van der Waals surface area contributed by atoms with Crippen LogP contribution in [0.3, 0.4) is 0 Å². The third kappa shape index (κ3) is 2.66. The monoisotopic (exact) mass is 257 g/mol. The number of nitrogens with one attached hydrogen (secondary N) is 1. The van der Waals surface area contributed by atoms with Gasteiger partial charge in [0.15, 0.2) is 0 Å². The SMILES string of the molecule is Brc1csc(CNC2CC=CC2)c1. The van der Waals surface area contributed by atoms with E-state index >= 15 is 0 Å². The third-order valence-electron chi connectivity index (χ3n) is 2.19. The fourth-order valence-electron chi connectivity index (χ4n) is 1.48. The number of hydrogen-bond donors (Lipinski definition) is 1. The lowest BCUT2D eigenvalue weighted by molar-refractivity contribution is 0.542. The first-order valence-corrected chi connectivity index (χ1v) is 6.13. The minimum atomic E-state index is 0.667. The van der Waals surface area contributed by atoms with Crippen LogP contribution in [0.1, 0.15) is 17.7 Å². The van der Waals surface area contributed by atoms with Gasteiger partial charge in [-0.3, -0.25) is 0 Å². The molecule has 1 aliphatic carbocycles. The fraction of sp³-hybridized carbons (Fsp3) is 0.400. The van der Waals surface area contributed by atoms with Gasteiger partial charge in [-0.2, -0.15) is 0 Å². The Bertz CT molecular complexity index is 298. The molecule has 0 saturated heterocycles. The van der Waals surface area contributed by atoms with E-state index in [0.29, 0.717) is 6.04 Å². The van der Waals surface area contributed by atoms with Crippen molar-refractivity contribution in [3.05, 3.63) is 32.9 Å². The smallest absolute Gasteiger partial charge is 0.0302 e. The zero-order valence-electron chi connectivity index (χ0n) is 7.29. The van der Waals surface area contributed by atoms with Crippen LogP contribution in [-0.4, -0.2) is 6.04 Å². The van der Waals surface area contributed by atoms with Gasteiger partial charge in [-0.1, -0.05) is 12.2 Å². The van der Waals surface area contributed by atoms with Crippen LogP contribution in [0.2, 0.25) is 0 Å². The summed E-state index contributed by atoms with van der Waals surface area (Å²) < 4.78 is 1.19. The van der Waals surface area contributed by atoms with E-state index in [0.717, 1.165) is 6.54 Å². The predicted octanol–water partition coefficient (Wildman–Crippen LogP) is 3.32. The van der Waals surface area contributed by atoms with Crippen LogP contribution in [0.5, 0.6) is 0 Å². The average molecular weight is 258 g/mol. The Labute approximate surface area is 91.0 Å². The maximum absolute atomic E-state index is 3.54. The fourth-order valence-corrected chi connectivity index (χ4v) is 2.88. The Hall–Kier alpha value is -0.120. The predicted molar refractivity (Wildman–Crippen MR) is 61.0 cm³/mol. The highest BCUT2D eigenvalue weighted by atomic mass is 79.9. The molecule has 0 bridgehead atoms. The zero-order valence-corrected chi connectivity index (χ0v) is 9.70. The standard InChI is InChI=1S/C10H12BrNS/c11-8-5-10(13-7-8)6-12-9-3-1-2-4-9/h1-2,5,7,9,12H,3-4,6H2. The Kier molecular flexibility index (Phi) is 3.19. The number of thiophene rings is 1. The van der Waals surface area contributed by atoms with E-state index in [1.165, 1.54) is 22.2 Å². The molecule has 1 N–H and O–H groups in total. The maximum atomic E-state index is 3.54. The highest BCUT2D eigenvalue weighted by Gasteiger charge is 2.09. The first kappa shape index (κ1) is 9.44. The lowest BCUT2D eigenvalue weighted by Crippen LogP contribution is -2.25. The van der Waals surface area contributed by atoms with Gasteiger partial charge in [0.1, 0.15) is 0 Å².